The minimum Gasteiger partial charge on any atom is -0.497 e. The van der Waals surface area contributed by atoms with Gasteiger partial charge in [0.25, 0.3) is 0 Å². The Bertz CT molecular complexity index is 651. The van der Waals surface area contributed by atoms with Crippen LogP contribution in [0.4, 0.5) is 5.82 Å². The van der Waals surface area contributed by atoms with Crippen LogP contribution in [-0.4, -0.2) is 29.3 Å². The van der Waals surface area contributed by atoms with Crippen molar-refractivity contribution in [3.8, 4) is 5.75 Å². The van der Waals surface area contributed by atoms with Crippen molar-refractivity contribution in [3.63, 3.8) is 0 Å². The molecule has 0 amide bonds. The van der Waals surface area contributed by atoms with Crippen LogP contribution in [-0.2, 0) is 6.42 Å². The fourth-order valence-corrected chi connectivity index (χ4v) is 2.48. The lowest BCUT2D eigenvalue weighted by molar-refractivity contribution is 0.159. The molecular weight excluding hydrogens is 373 g/mol. The minimum atomic E-state index is -0.603. The molecule has 7 heteroatoms. The summed E-state index contributed by atoms with van der Waals surface area (Å²) in [7, 11) is 1.68. The SMILES string of the molecule is COc1cccc(CCC(C)(C)NCC(O)c2ccc(N)nc2)c1.Cl.Cl. The highest BCUT2D eigenvalue weighted by molar-refractivity contribution is 5.85. The summed E-state index contributed by atoms with van der Waals surface area (Å²) in [6.45, 7) is 4.75. The van der Waals surface area contributed by atoms with E-state index < -0.39 is 6.10 Å². The molecule has 146 valence electrons. The summed E-state index contributed by atoms with van der Waals surface area (Å²) in [5, 5.41) is 13.7. The summed E-state index contributed by atoms with van der Waals surface area (Å²) in [6.07, 6.45) is 2.91. The highest BCUT2D eigenvalue weighted by atomic mass is 35.5. The van der Waals surface area contributed by atoms with Crippen LogP contribution in [0.5, 0.6) is 5.75 Å². The first-order valence-corrected chi connectivity index (χ1v) is 8.17. The van der Waals surface area contributed by atoms with E-state index in [0.717, 1.165) is 24.2 Å². The van der Waals surface area contributed by atoms with Gasteiger partial charge in [0.1, 0.15) is 11.6 Å². The maximum Gasteiger partial charge on any atom is 0.123 e. The van der Waals surface area contributed by atoms with Crippen LogP contribution in [0.15, 0.2) is 42.6 Å². The van der Waals surface area contributed by atoms with E-state index in [9.17, 15) is 5.11 Å². The molecule has 1 unspecified atom stereocenters. The average molecular weight is 402 g/mol. The third kappa shape index (κ3) is 7.79. The van der Waals surface area contributed by atoms with E-state index in [4.69, 9.17) is 10.5 Å². The van der Waals surface area contributed by atoms with Crippen LogP contribution in [0.2, 0.25) is 0 Å². The summed E-state index contributed by atoms with van der Waals surface area (Å²) >= 11 is 0. The predicted octanol–water partition coefficient (Wildman–Crippen LogP) is 3.55. The molecule has 1 heterocycles. The van der Waals surface area contributed by atoms with Gasteiger partial charge in [-0.05, 0) is 50.5 Å². The maximum atomic E-state index is 10.3. The van der Waals surface area contributed by atoms with Crippen molar-refractivity contribution >= 4 is 30.6 Å². The number of aromatic nitrogens is 1. The molecule has 0 spiro atoms. The quantitative estimate of drug-likeness (QED) is 0.629. The minimum absolute atomic E-state index is 0. The van der Waals surface area contributed by atoms with Gasteiger partial charge in [0, 0.05) is 23.8 Å². The van der Waals surface area contributed by atoms with E-state index >= 15 is 0 Å². The second kappa shape index (κ2) is 11.2. The summed E-state index contributed by atoms with van der Waals surface area (Å²) in [5.41, 5.74) is 7.48. The van der Waals surface area contributed by atoms with Gasteiger partial charge in [-0.3, -0.25) is 0 Å². The van der Waals surface area contributed by atoms with Crippen molar-refractivity contribution in [3.05, 3.63) is 53.7 Å². The Morgan fingerprint density at radius 3 is 2.58 bits per heavy atom. The highest BCUT2D eigenvalue weighted by Gasteiger charge is 2.19. The number of anilines is 1. The van der Waals surface area contributed by atoms with Crippen molar-refractivity contribution in [2.24, 2.45) is 0 Å². The summed E-state index contributed by atoms with van der Waals surface area (Å²) in [4.78, 5) is 4.02. The first kappa shape index (κ1) is 24.5. The number of methoxy groups -OCH3 is 1. The molecule has 0 radical (unpaired) electrons. The van der Waals surface area contributed by atoms with Crippen LogP contribution < -0.4 is 15.8 Å². The first-order valence-electron chi connectivity index (χ1n) is 8.17. The number of nitrogens with two attached hydrogens (primary N) is 1. The summed E-state index contributed by atoms with van der Waals surface area (Å²) < 4.78 is 5.26. The van der Waals surface area contributed by atoms with Gasteiger partial charge >= 0.3 is 0 Å². The number of halogens is 2. The Hall–Kier alpha value is -1.53. The van der Waals surface area contributed by atoms with Crippen LogP contribution in [0.25, 0.3) is 0 Å². The van der Waals surface area contributed by atoms with Gasteiger partial charge in [-0.15, -0.1) is 24.8 Å². The Balaban J connectivity index is 0.00000312. The van der Waals surface area contributed by atoms with Gasteiger partial charge in [0.2, 0.25) is 0 Å². The Morgan fingerprint density at radius 2 is 1.96 bits per heavy atom. The molecule has 0 aliphatic heterocycles. The van der Waals surface area contributed by atoms with Crippen LogP contribution in [0.1, 0.15) is 37.5 Å². The first-order chi connectivity index (χ1) is 11.4. The molecule has 0 saturated heterocycles. The zero-order valence-electron chi connectivity index (χ0n) is 15.4. The molecule has 5 nitrogen and oxygen atoms in total. The fourth-order valence-electron chi connectivity index (χ4n) is 2.48. The molecule has 0 bridgehead atoms. The molecular formula is C19H29Cl2N3O2. The van der Waals surface area contributed by atoms with Crippen LogP contribution in [0, 0.1) is 0 Å². The molecule has 2 rings (SSSR count). The van der Waals surface area contributed by atoms with Crippen molar-refractivity contribution in [1.82, 2.24) is 10.3 Å². The number of aryl methyl sites for hydroxylation is 1. The number of nitrogens with zero attached hydrogens (tertiary/aromatic N) is 1. The molecule has 1 aromatic heterocycles. The number of aliphatic hydroxyl groups excluding tert-OH is 1. The topological polar surface area (TPSA) is 80.4 Å². The summed E-state index contributed by atoms with van der Waals surface area (Å²) in [6, 6.07) is 11.6. The van der Waals surface area contributed by atoms with Crippen molar-refractivity contribution in [1.29, 1.82) is 0 Å². The maximum absolute atomic E-state index is 10.3. The number of nitrogens with one attached hydrogen (secondary N) is 1. The van der Waals surface area contributed by atoms with Gasteiger partial charge in [-0.1, -0.05) is 18.2 Å². The molecule has 4 N–H and O–H groups in total. The average Bonchev–Trinajstić information content (AvgIpc) is 2.59. The van der Waals surface area contributed by atoms with Gasteiger partial charge < -0.3 is 20.9 Å². The van der Waals surface area contributed by atoms with E-state index in [-0.39, 0.29) is 30.4 Å². The van der Waals surface area contributed by atoms with Gasteiger partial charge in [0.05, 0.1) is 13.2 Å². The van der Waals surface area contributed by atoms with E-state index in [2.05, 4.69) is 36.3 Å². The largest absolute Gasteiger partial charge is 0.497 e. The smallest absolute Gasteiger partial charge is 0.123 e. The predicted molar refractivity (Wildman–Crippen MR) is 112 cm³/mol. The normalized spacial score (nSPS) is 11.8. The number of hydrogen-bond acceptors (Lipinski definition) is 5. The Kier molecular flexibility index (Phi) is 10.6. The Labute approximate surface area is 168 Å². The summed E-state index contributed by atoms with van der Waals surface area (Å²) in [5.74, 6) is 1.34. The number of nitrogen functional groups attached to an aromatic ring is 1. The highest BCUT2D eigenvalue weighted by Crippen LogP contribution is 2.19. The van der Waals surface area contributed by atoms with Gasteiger partial charge in [-0.25, -0.2) is 4.98 Å². The number of ether oxygens (including phenoxy) is 1. The zero-order chi connectivity index (χ0) is 17.6. The molecule has 1 aromatic carbocycles. The second-order valence-corrected chi connectivity index (χ2v) is 6.65. The molecule has 0 fully saturated rings. The number of β-amino-alcohol motifs (C(OH)–C–C–N with tert-alkyl or cyclic N) is 1. The fraction of sp³-hybridized carbons (Fsp3) is 0.421. The van der Waals surface area contributed by atoms with E-state index in [1.54, 1.807) is 25.4 Å². The third-order valence-electron chi connectivity index (χ3n) is 4.14. The van der Waals surface area contributed by atoms with Gasteiger partial charge in [0.15, 0.2) is 0 Å². The number of pyridine rings is 1. The lowest BCUT2D eigenvalue weighted by Gasteiger charge is -2.28. The molecule has 26 heavy (non-hydrogen) atoms. The second-order valence-electron chi connectivity index (χ2n) is 6.65. The van der Waals surface area contributed by atoms with Crippen molar-refractivity contribution < 1.29 is 9.84 Å². The number of aliphatic hydroxyl groups is 1. The Morgan fingerprint density at radius 1 is 1.23 bits per heavy atom. The molecule has 2 aromatic rings. The van der Waals surface area contributed by atoms with E-state index in [0.29, 0.717) is 12.4 Å². The lowest BCUT2D eigenvalue weighted by Crippen LogP contribution is -2.42. The number of hydrogen-bond donors (Lipinski definition) is 3. The molecule has 0 aliphatic rings. The standard InChI is InChI=1S/C19H27N3O2.2ClH/c1-19(2,10-9-14-5-4-6-16(11-14)24-3)22-13-17(23)15-7-8-18(20)21-12-15;;/h4-8,11-12,17,22-23H,9-10,13H2,1-3H3,(H2,20,21);2*1H. The molecule has 0 saturated carbocycles. The van der Waals surface area contributed by atoms with Crippen LogP contribution >= 0.6 is 24.8 Å². The molecule has 1 atom stereocenters. The van der Waals surface area contributed by atoms with Crippen molar-refractivity contribution in [2.75, 3.05) is 19.4 Å². The number of benzene rings is 1. The van der Waals surface area contributed by atoms with Crippen LogP contribution in [0.3, 0.4) is 0 Å². The monoisotopic (exact) mass is 401 g/mol. The van der Waals surface area contributed by atoms with Gasteiger partial charge in [-0.2, -0.15) is 0 Å². The molecule has 0 aliphatic carbocycles. The van der Waals surface area contributed by atoms with E-state index in [1.807, 2.05) is 12.1 Å². The van der Waals surface area contributed by atoms with Crippen molar-refractivity contribution in [2.45, 2.75) is 38.3 Å². The zero-order valence-corrected chi connectivity index (χ0v) is 17.1. The number of rotatable bonds is 8. The van der Waals surface area contributed by atoms with E-state index in [1.165, 1.54) is 5.56 Å². The lowest BCUT2D eigenvalue weighted by atomic mass is 9.94. The third-order valence-corrected chi connectivity index (χ3v) is 4.14.